The monoisotopic (exact) mass is 469 g/mol. The Hall–Kier alpha value is -3.41. The number of carbonyl (C=O) groups is 1. The number of halogens is 1. The molecule has 5 rings (SSSR count). The maximum atomic E-state index is 12.8. The van der Waals surface area contributed by atoms with Gasteiger partial charge in [0.2, 0.25) is 0 Å². The number of hydrogen-bond donors (Lipinski definition) is 1. The number of fused-ring (bicyclic) bond motifs is 2. The number of aromatic nitrogens is 1. The van der Waals surface area contributed by atoms with Gasteiger partial charge in [-0.1, -0.05) is 59.8 Å². The molecule has 1 N–H and O–H groups in total. The van der Waals surface area contributed by atoms with Gasteiger partial charge in [-0.3, -0.25) is 9.78 Å². The lowest BCUT2D eigenvalue weighted by molar-refractivity contribution is 0.0954. The number of rotatable bonds is 5. The van der Waals surface area contributed by atoms with E-state index in [-0.39, 0.29) is 5.91 Å². The van der Waals surface area contributed by atoms with Crippen molar-refractivity contribution in [1.29, 1.82) is 0 Å². The molecule has 4 nitrogen and oxygen atoms in total. The molecule has 1 amide bonds. The number of amides is 1. The molecule has 1 aliphatic rings. The minimum absolute atomic E-state index is 0.117. The molecule has 0 aliphatic carbocycles. The van der Waals surface area contributed by atoms with E-state index in [1.165, 1.54) is 0 Å². The van der Waals surface area contributed by atoms with Gasteiger partial charge in [0.15, 0.2) is 0 Å². The lowest BCUT2D eigenvalue weighted by Gasteiger charge is -2.10. The van der Waals surface area contributed by atoms with Crippen LogP contribution < -0.4 is 5.32 Å². The highest BCUT2D eigenvalue weighted by Crippen LogP contribution is 2.42. The largest absolute Gasteiger partial charge is 0.352 e. The van der Waals surface area contributed by atoms with Crippen LogP contribution in [0.15, 0.2) is 106 Å². The van der Waals surface area contributed by atoms with Gasteiger partial charge in [0.25, 0.3) is 5.91 Å². The van der Waals surface area contributed by atoms with Crippen molar-refractivity contribution < 1.29 is 4.79 Å². The third-order valence-electron chi connectivity index (χ3n) is 5.39. The van der Waals surface area contributed by atoms with Gasteiger partial charge in [0.1, 0.15) is 0 Å². The summed E-state index contributed by atoms with van der Waals surface area (Å²) in [5.74, 6) is -0.117. The molecule has 0 radical (unpaired) electrons. The summed E-state index contributed by atoms with van der Waals surface area (Å²) >= 11 is 8.19. The molecule has 162 valence electrons. The average molecular weight is 470 g/mol. The number of carbonyl (C=O) groups excluding carboxylic acids is 1. The molecule has 0 saturated heterocycles. The lowest BCUT2D eigenvalue weighted by Crippen LogP contribution is -2.25. The minimum atomic E-state index is -0.117. The van der Waals surface area contributed by atoms with Gasteiger partial charge in [0, 0.05) is 50.4 Å². The quantitative estimate of drug-likeness (QED) is 0.326. The second-order valence-electron chi connectivity index (χ2n) is 7.58. The summed E-state index contributed by atoms with van der Waals surface area (Å²) in [4.78, 5) is 24.0. The van der Waals surface area contributed by atoms with Crippen LogP contribution in [0.5, 0.6) is 0 Å². The van der Waals surface area contributed by atoms with E-state index < -0.39 is 0 Å². The van der Waals surface area contributed by atoms with E-state index in [2.05, 4.69) is 22.4 Å². The molecule has 0 saturated carbocycles. The Labute approximate surface area is 201 Å². The third-order valence-corrected chi connectivity index (χ3v) is 6.86. The highest BCUT2D eigenvalue weighted by atomic mass is 35.5. The van der Waals surface area contributed by atoms with Crippen molar-refractivity contribution in [1.82, 2.24) is 10.3 Å². The van der Waals surface area contributed by atoms with Gasteiger partial charge in [-0.15, -0.1) is 0 Å². The maximum absolute atomic E-state index is 12.8. The summed E-state index contributed by atoms with van der Waals surface area (Å²) in [5, 5.41) is 3.65. The van der Waals surface area contributed by atoms with Gasteiger partial charge in [-0.2, -0.15) is 0 Å². The van der Waals surface area contributed by atoms with Crippen molar-refractivity contribution in [3.63, 3.8) is 0 Å². The average Bonchev–Trinajstić information content (AvgIpc) is 3.01. The van der Waals surface area contributed by atoms with Crippen molar-refractivity contribution in [2.75, 3.05) is 6.54 Å². The zero-order valence-corrected chi connectivity index (χ0v) is 19.2. The molecule has 0 unspecified atom stereocenters. The van der Waals surface area contributed by atoms with Crippen LogP contribution in [0.2, 0.25) is 5.02 Å². The summed E-state index contributed by atoms with van der Waals surface area (Å²) in [7, 11) is 0. The van der Waals surface area contributed by atoms with Crippen LogP contribution in [0.3, 0.4) is 0 Å². The molecule has 0 fully saturated rings. The predicted octanol–water partition coefficient (Wildman–Crippen LogP) is 6.34. The maximum Gasteiger partial charge on any atom is 0.251 e. The molecule has 1 aromatic heterocycles. The first-order valence-electron chi connectivity index (χ1n) is 10.6. The van der Waals surface area contributed by atoms with Crippen LogP contribution in [0.1, 0.15) is 27.0 Å². The molecule has 33 heavy (non-hydrogen) atoms. The lowest BCUT2D eigenvalue weighted by atomic mass is 10.0. The van der Waals surface area contributed by atoms with Gasteiger partial charge in [-0.05, 0) is 54.4 Å². The molecule has 0 atom stereocenters. The van der Waals surface area contributed by atoms with Crippen molar-refractivity contribution in [3.05, 3.63) is 119 Å². The van der Waals surface area contributed by atoms with E-state index in [0.29, 0.717) is 17.1 Å². The number of nitrogens with zero attached hydrogens (tertiary/aromatic N) is 2. The van der Waals surface area contributed by atoms with E-state index in [0.717, 1.165) is 44.3 Å². The van der Waals surface area contributed by atoms with Gasteiger partial charge < -0.3 is 5.32 Å². The van der Waals surface area contributed by atoms with Crippen LogP contribution >= 0.6 is 23.4 Å². The van der Waals surface area contributed by atoms with Crippen LogP contribution in [-0.2, 0) is 6.42 Å². The molecular formula is C27H20ClN3OS. The van der Waals surface area contributed by atoms with Crippen molar-refractivity contribution >= 4 is 40.7 Å². The predicted molar refractivity (Wildman–Crippen MR) is 134 cm³/mol. The second-order valence-corrected chi connectivity index (χ2v) is 9.07. The first-order chi connectivity index (χ1) is 16.2. The van der Waals surface area contributed by atoms with E-state index in [1.54, 1.807) is 24.2 Å². The summed E-state index contributed by atoms with van der Waals surface area (Å²) in [6.45, 7) is 0.550. The summed E-state index contributed by atoms with van der Waals surface area (Å²) in [6, 6.07) is 25.5. The molecular weight excluding hydrogens is 450 g/mol. The van der Waals surface area contributed by atoms with E-state index in [4.69, 9.17) is 16.6 Å². The summed E-state index contributed by atoms with van der Waals surface area (Å²) in [5.41, 5.74) is 5.17. The van der Waals surface area contributed by atoms with Crippen LogP contribution in [0.4, 0.5) is 5.69 Å². The zero-order chi connectivity index (χ0) is 22.6. The smallest absolute Gasteiger partial charge is 0.251 e. The first-order valence-corrected chi connectivity index (χ1v) is 11.8. The standard InChI is InChI=1S/C27H20ClN3OS/c28-22-7-3-1-5-20(22)26-21-6-2-4-8-24(21)33-25-10-9-19(17-23(25)31-26)27(32)30-16-13-18-11-14-29-15-12-18/h1-12,14-15,17H,13,16H2,(H,30,32). The summed E-state index contributed by atoms with van der Waals surface area (Å²) < 4.78 is 0. The number of nitrogens with one attached hydrogen (secondary N) is 1. The number of pyridine rings is 1. The molecule has 0 spiro atoms. The Morgan fingerprint density at radius 3 is 2.45 bits per heavy atom. The van der Waals surface area contributed by atoms with Crippen molar-refractivity contribution in [2.45, 2.75) is 16.2 Å². The Morgan fingerprint density at radius 1 is 0.879 bits per heavy atom. The number of aliphatic imine (C=N–C) groups is 1. The van der Waals surface area contributed by atoms with E-state index in [9.17, 15) is 4.79 Å². The Balaban J connectivity index is 1.46. The second kappa shape index (κ2) is 9.61. The minimum Gasteiger partial charge on any atom is -0.352 e. The Kier molecular flexibility index (Phi) is 6.24. The summed E-state index contributed by atoms with van der Waals surface area (Å²) in [6.07, 6.45) is 4.26. The zero-order valence-electron chi connectivity index (χ0n) is 17.7. The van der Waals surface area contributed by atoms with Gasteiger partial charge in [0.05, 0.1) is 11.4 Å². The highest BCUT2D eigenvalue weighted by molar-refractivity contribution is 7.99. The number of benzene rings is 3. The first kappa shape index (κ1) is 21.4. The SMILES string of the molecule is O=C(NCCc1ccncc1)c1ccc2c(c1)N=C(c1ccccc1Cl)c1ccccc1S2. The fourth-order valence-electron chi connectivity index (χ4n) is 3.71. The molecule has 3 aromatic carbocycles. The van der Waals surface area contributed by atoms with E-state index >= 15 is 0 Å². The van der Waals surface area contributed by atoms with Crippen molar-refractivity contribution in [2.24, 2.45) is 4.99 Å². The van der Waals surface area contributed by atoms with Gasteiger partial charge >= 0.3 is 0 Å². The topological polar surface area (TPSA) is 54.4 Å². The molecule has 2 heterocycles. The molecule has 1 aliphatic heterocycles. The fourth-order valence-corrected chi connectivity index (χ4v) is 4.94. The third kappa shape index (κ3) is 4.70. The van der Waals surface area contributed by atoms with Crippen molar-refractivity contribution in [3.8, 4) is 0 Å². The number of hydrogen-bond acceptors (Lipinski definition) is 4. The molecule has 0 bridgehead atoms. The normalized spacial score (nSPS) is 12.2. The molecule has 4 aromatic rings. The van der Waals surface area contributed by atoms with Crippen LogP contribution in [-0.4, -0.2) is 23.1 Å². The van der Waals surface area contributed by atoms with Crippen LogP contribution in [0, 0.1) is 0 Å². The Morgan fingerprint density at radius 2 is 1.64 bits per heavy atom. The molecule has 6 heteroatoms. The highest BCUT2D eigenvalue weighted by Gasteiger charge is 2.21. The Bertz CT molecular complexity index is 1350. The fraction of sp³-hybridized carbons (Fsp3) is 0.0741. The van der Waals surface area contributed by atoms with E-state index in [1.807, 2.05) is 66.7 Å². The van der Waals surface area contributed by atoms with Crippen LogP contribution in [0.25, 0.3) is 0 Å². The van der Waals surface area contributed by atoms with Gasteiger partial charge in [-0.25, -0.2) is 4.99 Å².